The van der Waals surface area contributed by atoms with E-state index in [1.807, 2.05) is 4.90 Å². The molecule has 0 N–H and O–H groups in total. The molecule has 31 heavy (non-hydrogen) atoms. The van der Waals surface area contributed by atoms with Crippen LogP contribution in [0, 0.1) is 5.41 Å². The molecule has 2 amide bonds. The van der Waals surface area contributed by atoms with Gasteiger partial charge in [0, 0.05) is 45.9 Å². The second-order valence-corrected chi connectivity index (χ2v) is 8.83. The van der Waals surface area contributed by atoms with Crippen LogP contribution < -0.4 is 0 Å². The Hall–Kier alpha value is -2.20. The summed E-state index contributed by atoms with van der Waals surface area (Å²) in [7, 11) is 1.20. The maximum atomic E-state index is 12.5. The number of rotatable bonds is 11. The lowest BCUT2D eigenvalue weighted by Gasteiger charge is -2.35. The molecule has 1 aliphatic heterocycles. The van der Waals surface area contributed by atoms with Crippen molar-refractivity contribution >= 4 is 23.8 Å². The number of amides is 2. The average molecular weight is 445 g/mol. The Bertz CT molecular complexity index is 609. The van der Waals surface area contributed by atoms with E-state index in [4.69, 9.17) is 4.89 Å². The molecule has 1 aliphatic rings. The van der Waals surface area contributed by atoms with Gasteiger partial charge >= 0.3 is 11.9 Å². The highest BCUT2D eigenvalue weighted by Crippen LogP contribution is 2.21. The van der Waals surface area contributed by atoms with E-state index in [9.17, 15) is 19.2 Å². The van der Waals surface area contributed by atoms with E-state index >= 15 is 0 Å². The summed E-state index contributed by atoms with van der Waals surface area (Å²) in [6.07, 6.45) is 1.46. The van der Waals surface area contributed by atoms with Crippen LogP contribution in [-0.4, -0.2) is 72.9 Å². The number of piperazine rings is 1. The van der Waals surface area contributed by atoms with Crippen molar-refractivity contribution in [3.8, 4) is 0 Å². The minimum absolute atomic E-state index is 0.0208. The summed E-state index contributed by atoms with van der Waals surface area (Å²) >= 11 is 0. The van der Waals surface area contributed by atoms with Gasteiger partial charge in [0.1, 0.15) is 6.10 Å². The third-order valence-corrected chi connectivity index (χ3v) is 4.86. The van der Waals surface area contributed by atoms with Gasteiger partial charge < -0.3 is 9.80 Å². The van der Waals surface area contributed by atoms with Gasteiger partial charge in [0.2, 0.25) is 11.8 Å². The van der Waals surface area contributed by atoms with E-state index in [-0.39, 0.29) is 30.1 Å². The van der Waals surface area contributed by atoms with Crippen molar-refractivity contribution in [1.82, 2.24) is 9.80 Å². The van der Waals surface area contributed by atoms with Gasteiger partial charge in [-0.3, -0.25) is 19.4 Å². The van der Waals surface area contributed by atoms with Crippen molar-refractivity contribution in [2.75, 3.05) is 33.3 Å². The van der Waals surface area contributed by atoms with Crippen molar-refractivity contribution in [3.63, 3.8) is 0 Å². The lowest BCUT2D eigenvalue weighted by molar-refractivity contribution is -0.303. The molecule has 1 saturated heterocycles. The Kier molecular flexibility index (Phi) is 11.5. The molecule has 178 valence electrons. The Balaban J connectivity index is 2.38. The molecule has 0 aromatic carbocycles. The summed E-state index contributed by atoms with van der Waals surface area (Å²) in [6.45, 7) is 9.60. The second kappa shape index (κ2) is 13.3. The molecule has 0 saturated carbocycles. The summed E-state index contributed by atoms with van der Waals surface area (Å²) in [5.74, 6) is -1.20. The van der Waals surface area contributed by atoms with E-state index in [0.29, 0.717) is 45.4 Å². The number of carbonyl (C=O) groups is 4. The van der Waals surface area contributed by atoms with E-state index < -0.39 is 18.0 Å². The Labute approximate surface area is 184 Å². The fraction of sp³-hybridized carbons (Fsp3) is 0.810. The highest BCUT2D eigenvalue weighted by atomic mass is 17.2. The Morgan fingerprint density at radius 3 is 1.94 bits per heavy atom. The Morgan fingerprint density at radius 1 is 0.903 bits per heavy atom. The first-order valence-corrected chi connectivity index (χ1v) is 10.6. The lowest BCUT2D eigenvalue weighted by atomic mass is 9.90. The summed E-state index contributed by atoms with van der Waals surface area (Å²) in [5, 5.41) is 0. The van der Waals surface area contributed by atoms with Crippen molar-refractivity contribution in [1.29, 1.82) is 0 Å². The van der Waals surface area contributed by atoms with Crippen LogP contribution in [0.15, 0.2) is 0 Å². The first-order valence-electron chi connectivity index (χ1n) is 10.6. The second-order valence-electron chi connectivity index (χ2n) is 8.83. The Morgan fingerprint density at radius 2 is 1.45 bits per heavy atom. The van der Waals surface area contributed by atoms with E-state index in [0.717, 1.165) is 6.42 Å². The molecule has 0 bridgehead atoms. The number of carbonyl (C=O) groups excluding carboxylic acids is 4. The van der Waals surface area contributed by atoms with Crippen molar-refractivity contribution in [2.45, 2.75) is 72.3 Å². The van der Waals surface area contributed by atoms with Gasteiger partial charge in [-0.2, -0.15) is 9.78 Å². The molecule has 0 unspecified atom stereocenters. The van der Waals surface area contributed by atoms with E-state index in [2.05, 4.69) is 35.4 Å². The molecule has 10 heteroatoms. The number of hydrogen-bond acceptors (Lipinski definition) is 8. The van der Waals surface area contributed by atoms with Gasteiger partial charge in [0.25, 0.3) is 0 Å². The monoisotopic (exact) mass is 444 g/mol. The third-order valence-electron chi connectivity index (χ3n) is 4.86. The molecule has 1 heterocycles. The van der Waals surface area contributed by atoms with Crippen LogP contribution in [0.2, 0.25) is 0 Å². The molecule has 10 nitrogen and oxygen atoms in total. The van der Waals surface area contributed by atoms with Crippen molar-refractivity contribution in [2.24, 2.45) is 5.41 Å². The zero-order valence-electron chi connectivity index (χ0n) is 19.3. The molecule has 0 radical (unpaired) electrons. The molecule has 1 rings (SSSR count). The maximum absolute atomic E-state index is 12.5. The van der Waals surface area contributed by atoms with Crippen LogP contribution in [0.5, 0.6) is 0 Å². The van der Waals surface area contributed by atoms with Crippen LogP contribution in [0.4, 0.5) is 0 Å². The predicted molar refractivity (Wildman–Crippen MR) is 110 cm³/mol. The third kappa shape index (κ3) is 11.7. The minimum Gasteiger partial charge on any atom is -0.339 e. The van der Waals surface area contributed by atoms with E-state index in [1.54, 1.807) is 4.90 Å². The van der Waals surface area contributed by atoms with Gasteiger partial charge in [-0.15, -0.1) is 0 Å². The van der Waals surface area contributed by atoms with Gasteiger partial charge in [0.05, 0.1) is 13.5 Å². The van der Waals surface area contributed by atoms with Gasteiger partial charge in [-0.25, -0.2) is 9.59 Å². The fourth-order valence-electron chi connectivity index (χ4n) is 3.12. The molecule has 1 fully saturated rings. The highest BCUT2D eigenvalue weighted by molar-refractivity contribution is 5.78. The summed E-state index contributed by atoms with van der Waals surface area (Å²) in [6, 6.07) is 0. The lowest BCUT2D eigenvalue weighted by Crippen LogP contribution is -2.50. The molecule has 0 aliphatic carbocycles. The summed E-state index contributed by atoms with van der Waals surface area (Å²) < 4.78 is 0. The van der Waals surface area contributed by atoms with Gasteiger partial charge in [0.15, 0.2) is 0 Å². The van der Waals surface area contributed by atoms with Crippen LogP contribution in [0.3, 0.4) is 0 Å². The number of hydrogen-bond donors (Lipinski definition) is 0. The SMILES string of the molecule is COOC(=O)C[C@@H](CCCC(=O)N1CCN(C(=O)CCC(C)(C)C)CC1)OOC(C)=O. The molecular formula is C21H36N2O8. The molecule has 1 atom stereocenters. The minimum atomic E-state index is -0.739. The summed E-state index contributed by atoms with van der Waals surface area (Å²) in [5.41, 5.74) is 0.116. The largest absolute Gasteiger partial charge is 0.345 e. The maximum Gasteiger partial charge on any atom is 0.345 e. The van der Waals surface area contributed by atoms with E-state index in [1.165, 1.54) is 14.0 Å². The smallest absolute Gasteiger partial charge is 0.339 e. The summed E-state index contributed by atoms with van der Waals surface area (Å²) in [4.78, 5) is 69.1. The standard InChI is InChI=1S/C21H36N2O8/c1-16(24)29-30-17(15-20(27)31-28-5)7-6-8-18(25)22-11-13-23(14-12-22)19(26)9-10-21(2,3)4/h17H,6-15H2,1-5H3/t17-/m1/s1. The van der Waals surface area contributed by atoms with Crippen LogP contribution in [-0.2, 0) is 38.7 Å². The molecular weight excluding hydrogens is 408 g/mol. The van der Waals surface area contributed by atoms with Crippen LogP contribution in [0.25, 0.3) is 0 Å². The first-order chi connectivity index (χ1) is 14.5. The predicted octanol–water partition coefficient (Wildman–Crippen LogP) is 2.01. The average Bonchev–Trinajstić information content (AvgIpc) is 2.69. The normalized spacial score (nSPS) is 15.4. The number of nitrogens with zero attached hydrogens (tertiary/aromatic N) is 2. The highest BCUT2D eigenvalue weighted by Gasteiger charge is 2.25. The topological polar surface area (TPSA) is 112 Å². The van der Waals surface area contributed by atoms with Gasteiger partial charge in [-0.05, 0) is 24.7 Å². The molecule has 0 spiro atoms. The van der Waals surface area contributed by atoms with Crippen molar-refractivity contribution in [3.05, 3.63) is 0 Å². The first kappa shape index (κ1) is 26.8. The van der Waals surface area contributed by atoms with Crippen LogP contribution in [0.1, 0.15) is 66.2 Å². The molecule has 0 aromatic rings. The quantitative estimate of drug-likeness (QED) is 0.351. The zero-order chi connectivity index (χ0) is 23.4. The molecule has 0 aromatic heterocycles. The fourth-order valence-corrected chi connectivity index (χ4v) is 3.12. The van der Waals surface area contributed by atoms with Crippen molar-refractivity contribution < 1.29 is 38.7 Å². The zero-order valence-corrected chi connectivity index (χ0v) is 19.3. The van der Waals surface area contributed by atoms with Crippen LogP contribution >= 0.6 is 0 Å². The van der Waals surface area contributed by atoms with Gasteiger partial charge in [-0.1, -0.05) is 20.8 Å².